The third-order valence-corrected chi connectivity index (χ3v) is 10.7. The topological polar surface area (TPSA) is 68.4 Å². The Morgan fingerprint density at radius 2 is 1.86 bits per heavy atom. The Balaban J connectivity index is 1.29. The second-order valence-corrected chi connectivity index (χ2v) is 12.6. The number of H-pyrrole nitrogens is 1. The number of hydrogen-bond donors (Lipinski definition) is 2. The fourth-order valence-electron chi connectivity index (χ4n) is 6.77. The number of thiophene rings is 1. The van der Waals surface area contributed by atoms with Crippen LogP contribution in [-0.4, -0.2) is 59.5 Å². The van der Waals surface area contributed by atoms with Crippen molar-refractivity contribution in [1.29, 1.82) is 0 Å². The van der Waals surface area contributed by atoms with E-state index in [1.54, 1.807) is 0 Å². The Kier molecular flexibility index (Phi) is 7.44. The van der Waals surface area contributed by atoms with E-state index in [4.69, 9.17) is 0 Å². The summed E-state index contributed by atoms with van der Waals surface area (Å²) in [5.41, 5.74) is 4.57. The fraction of sp³-hybridized carbons (Fsp3) is 0.655. The molecule has 0 radical (unpaired) electrons. The molecule has 7 heteroatoms. The highest BCUT2D eigenvalue weighted by Gasteiger charge is 2.37. The standard InChI is InChI=1S/C29H42N4O2S/c1-17-13-18(2)31-28(34)24(17)16-32-12-6-7-25-26(29(32)35)20(4)27(36-25)19(3)21-8-10-23(11-9-21)33-14-22(15-33)30-5/h13,19,21-23,30H,6-12,14-16H2,1-5H3,(H,31,34). The number of nitrogens with zero attached hydrogens (tertiary/aromatic N) is 2. The van der Waals surface area contributed by atoms with Crippen LogP contribution in [0.3, 0.4) is 0 Å². The number of pyridine rings is 1. The lowest BCUT2D eigenvalue weighted by molar-refractivity contribution is 0.0481. The van der Waals surface area contributed by atoms with E-state index in [0.29, 0.717) is 36.5 Å². The van der Waals surface area contributed by atoms with Crippen molar-refractivity contribution in [3.05, 3.63) is 54.1 Å². The van der Waals surface area contributed by atoms with Crippen molar-refractivity contribution in [3.8, 4) is 0 Å². The van der Waals surface area contributed by atoms with Crippen LogP contribution in [0.15, 0.2) is 10.9 Å². The van der Waals surface area contributed by atoms with Gasteiger partial charge in [0, 0.05) is 52.7 Å². The van der Waals surface area contributed by atoms with E-state index in [0.717, 1.165) is 35.7 Å². The molecule has 2 fully saturated rings. The Morgan fingerprint density at radius 3 is 2.53 bits per heavy atom. The van der Waals surface area contributed by atoms with Crippen molar-refractivity contribution in [2.45, 2.75) is 90.8 Å². The van der Waals surface area contributed by atoms with Gasteiger partial charge in [0.1, 0.15) is 0 Å². The number of hydrogen-bond acceptors (Lipinski definition) is 5. The summed E-state index contributed by atoms with van der Waals surface area (Å²) in [6, 6.07) is 3.43. The Morgan fingerprint density at radius 1 is 1.14 bits per heavy atom. The molecule has 2 aromatic rings. The van der Waals surface area contributed by atoms with Crippen LogP contribution in [0.2, 0.25) is 0 Å². The number of nitrogens with one attached hydrogen (secondary N) is 2. The number of aryl methyl sites for hydroxylation is 3. The van der Waals surface area contributed by atoms with Gasteiger partial charge in [0.05, 0.1) is 12.1 Å². The fourth-order valence-corrected chi connectivity index (χ4v) is 8.25. The number of aromatic nitrogens is 1. The van der Waals surface area contributed by atoms with E-state index in [2.05, 4.69) is 36.1 Å². The van der Waals surface area contributed by atoms with Crippen LogP contribution in [-0.2, 0) is 13.0 Å². The molecule has 1 saturated heterocycles. The molecule has 2 aromatic heterocycles. The van der Waals surface area contributed by atoms with Gasteiger partial charge in [0.15, 0.2) is 0 Å². The highest BCUT2D eigenvalue weighted by molar-refractivity contribution is 7.12. The predicted molar refractivity (Wildman–Crippen MR) is 147 cm³/mol. The summed E-state index contributed by atoms with van der Waals surface area (Å²) in [5, 5.41) is 3.39. The predicted octanol–water partition coefficient (Wildman–Crippen LogP) is 4.52. The maximum absolute atomic E-state index is 13.8. The van der Waals surface area contributed by atoms with Gasteiger partial charge in [-0.1, -0.05) is 6.92 Å². The summed E-state index contributed by atoms with van der Waals surface area (Å²) in [6.45, 7) is 11.9. The minimum atomic E-state index is -0.0727. The number of likely N-dealkylation sites (N-methyl/N-ethyl adjacent to an activating group) is 1. The number of amides is 1. The Bertz CT molecular complexity index is 1170. The van der Waals surface area contributed by atoms with Gasteiger partial charge in [-0.25, -0.2) is 0 Å². The molecule has 0 bridgehead atoms. The van der Waals surface area contributed by atoms with Gasteiger partial charge in [-0.05, 0) is 95.4 Å². The number of carbonyl (C=O) groups is 1. The summed E-state index contributed by atoms with van der Waals surface area (Å²) in [6.07, 6.45) is 7.06. The summed E-state index contributed by atoms with van der Waals surface area (Å²) < 4.78 is 0. The van der Waals surface area contributed by atoms with Gasteiger partial charge in [0.25, 0.3) is 11.5 Å². The molecular weight excluding hydrogens is 468 g/mol. The molecule has 4 heterocycles. The molecule has 1 aliphatic carbocycles. The normalized spacial score (nSPS) is 24.4. The number of carbonyl (C=O) groups excluding carboxylic acids is 1. The molecule has 0 spiro atoms. The molecule has 5 rings (SSSR count). The van der Waals surface area contributed by atoms with Crippen molar-refractivity contribution in [3.63, 3.8) is 0 Å². The van der Waals surface area contributed by atoms with Crippen LogP contribution in [0, 0.1) is 26.7 Å². The van der Waals surface area contributed by atoms with Crippen molar-refractivity contribution < 1.29 is 4.79 Å². The minimum absolute atomic E-state index is 0.0727. The maximum Gasteiger partial charge on any atom is 0.255 e. The van der Waals surface area contributed by atoms with Gasteiger partial charge in [0.2, 0.25) is 0 Å². The molecule has 6 nitrogen and oxygen atoms in total. The van der Waals surface area contributed by atoms with E-state index in [-0.39, 0.29) is 11.5 Å². The van der Waals surface area contributed by atoms with Crippen molar-refractivity contribution in [2.24, 2.45) is 5.92 Å². The zero-order chi connectivity index (χ0) is 25.6. The number of rotatable bonds is 6. The zero-order valence-corrected chi connectivity index (χ0v) is 23.4. The lowest BCUT2D eigenvalue weighted by Gasteiger charge is -2.47. The molecule has 36 heavy (non-hydrogen) atoms. The van der Waals surface area contributed by atoms with E-state index in [1.165, 1.54) is 54.1 Å². The largest absolute Gasteiger partial charge is 0.334 e. The third-order valence-electron chi connectivity index (χ3n) is 9.13. The summed E-state index contributed by atoms with van der Waals surface area (Å²) in [4.78, 5) is 36.6. The van der Waals surface area contributed by atoms with E-state index < -0.39 is 0 Å². The summed E-state index contributed by atoms with van der Waals surface area (Å²) in [7, 11) is 2.07. The molecular formula is C29H42N4O2S. The van der Waals surface area contributed by atoms with Crippen molar-refractivity contribution in [2.75, 3.05) is 26.7 Å². The maximum atomic E-state index is 13.8. The quantitative estimate of drug-likeness (QED) is 0.600. The smallest absolute Gasteiger partial charge is 0.255 e. The van der Waals surface area contributed by atoms with Crippen molar-refractivity contribution >= 4 is 17.2 Å². The first-order chi connectivity index (χ1) is 17.3. The van der Waals surface area contributed by atoms with Crippen LogP contribution in [0.1, 0.15) is 87.4 Å². The van der Waals surface area contributed by atoms with Crippen molar-refractivity contribution in [1.82, 2.24) is 20.1 Å². The van der Waals surface area contributed by atoms with Gasteiger partial charge in [-0.3, -0.25) is 14.5 Å². The second-order valence-electron chi connectivity index (χ2n) is 11.5. The van der Waals surface area contributed by atoms with Crippen LogP contribution in [0.25, 0.3) is 0 Å². The molecule has 2 aliphatic heterocycles. The Hall–Kier alpha value is -1.96. The molecule has 1 atom stereocenters. The summed E-state index contributed by atoms with van der Waals surface area (Å²) in [5.74, 6) is 1.30. The van der Waals surface area contributed by atoms with Gasteiger partial charge >= 0.3 is 0 Å². The van der Waals surface area contributed by atoms with Crippen LogP contribution >= 0.6 is 11.3 Å². The molecule has 1 amide bonds. The zero-order valence-electron chi connectivity index (χ0n) is 22.6. The molecule has 1 saturated carbocycles. The first-order valence-electron chi connectivity index (χ1n) is 13.8. The number of aromatic amines is 1. The van der Waals surface area contributed by atoms with Crippen LogP contribution in [0.5, 0.6) is 0 Å². The van der Waals surface area contributed by atoms with E-state index >= 15 is 0 Å². The van der Waals surface area contributed by atoms with E-state index in [1.807, 2.05) is 36.2 Å². The van der Waals surface area contributed by atoms with E-state index in [9.17, 15) is 9.59 Å². The molecule has 3 aliphatic rings. The number of likely N-dealkylation sites (tertiary alicyclic amines) is 1. The Labute approximate surface area is 219 Å². The lowest BCUT2D eigenvalue weighted by atomic mass is 9.76. The highest BCUT2D eigenvalue weighted by atomic mass is 32.1. The molecule has 2 N–H and O–H groups in total. The van der Waals surface area contributed by atoms with Crippen LogP contribution in [0.4, 0.5) is 0 Å². The SMILES string of the molecule is CNC1CN(C2CCC(C(C)c3sc4c(c3C)C(=O)N(Cc3c(C)cc(C)[nH]c3=O)CCC4)CC2)C1. The highest BCUT2D eigenvalue weighted by Crippen LogP contribution is 2.44. The molecule has 0 aromatic carbocycles. The average Bonchev–Trinajstić information content (AvgIpc) is 3.06. The molecule has 196 valence electrons. The first-order valence-corrected chi connectivity index (χ1v) is 14.6. The third kappa shape index (κ3) is 4.82. The summed E-state index contributed by atoms with van der Waals surface area (Å²) >= 11 is 1.89. The minimum Gasteiger partial charge on any atom is -0.334 e. The average molecular weight is 511 g/mol. The molecule has 1 unspecified atom stereocenters. The monoisotopic (exact) mass is 510 g/mol. The van der Waals surface area contributed by atoms with Gasteiger partial charge in [-0.15, -0.1) is 11.3 Å². The van der Waals surface area contributed by atoms with Gasteiger partial charge < -0.3 is 15.2 Å². The number of fused-ring (bicyclic) bond motifs is 1. The lowest BCUT2D eigenvalue weighted by Crippen LogP contribution is -2.60. The second kappa shape index (κ2) is 10.4. The van der Waals surface area contributed by atoms with Gasteiger partial charge in [-0.2, -0.15) is 0 Å². The first kappa shape index (κ1) is 25.7. The van der Waals surface area contributed by atoms with Crippen LogP contribution < -0.4 is 10.9 Å².